The number of fused-ring (bicyclic) bond motifs is 1. The lowest BCUT2D eigenvalue weighted by Gasteiger charge is -2.40. The number of amides is 2. The van der Waals surface area contributed by atoms with Crippen LogP contribution in [0, 0.1) is 12.7 Å². The van der Waals surface area contributed by atoms with Gasteiger partial charge in [0.1, 0.15) is 18.2 Å². The predicted octanol–water partition coefficient (Wildman–Crippen LogP) is 5.36. The maximum atomic E-state index is 13.3. The van der Waals surface area contributed by atoms with Gasteiger partial charge in [-0.2, -0.15) is 0 Å². The van der Waals surface area contributed by atoms with Gasteiger partial charge in [0.15, 0.2) is 0 Å². The van der Waals surface area contributed by atoms with Crippen LogP contribution in [-0.4, -0.2) is 33.6 Å². The number of carbonyl (C=O) groups excluding carboxylic acids is 2. The van der Waals surface area contributed by atoms with Gasteiger partial charge in [-0.3, -0.25) is 19.8 Å². The molecule has 1 fully saturated rings. The zero-order valence-corrected chi connectivity index (χ0v) is 23.5. The Balaban J connectivity index is 1.19. The third-order valence-corrected chi connectivity index (χ3v) is 7.89. The minimum atomic E-state index is -0.784. The number of ether oxygens (including phenoxy) is 1. The standard InChI is InChI=1S/C33H35FN4O4/c1-22-18-25(29-4-2-3-5-30(29)36-22)21-42-28-12-8-24(9-13-28)32(40)37-33(19-31(39)38-41)16-14-27(15-17-33)35-20-23-6-10-26(34)11-7-23/h2-13,18,27,35,41H,14-17,19-21H2,1H3,(H,37,40)(H,38,39)/t27-,33-. The Kier molecular flexibility index (Phi) is 9.09. The molecule has 1 saturated carbocycles. The maximum absolute atomic E-state index is 13.3. The summed E-state index contributed by atoms with van der Waals surface area (Å²) < 4.78 is 19.2. The van der Waals surface area contributed by atoms with Crippen molar-refractivity contribution in [3.8, 4) is 5.75 Å². The molecule has 1 heterocycles. The van der Waals surface area contributed by atoms with Crippen LogP contribution in [0.5, 0.6) is 5.75 Å². The van der Waals surface area contributed by atoms with E-state index in [0.29, 0.717) is 37.3 Å². The third-order valence-electron chi connectivity index (χ3n) is 7.89. The molecule has 4 N–H and O–H groups in total. The van der Waals surface area contributed by atoms with Gasteiger partial charge in [0.2, 0.25) is 5.91 Å². The first-order chi connectivity index (χ1) is 20.3. The summed E-state index contributed by atoms with van der Waals surface area (Å²) in [5, 5.41) is 16.8. The molecule has 0 bridgehead atoms. The molecule has 0 saturated heterocycles. The van der Waals surface area contributed by atoms with Crippen LogP contribution in [0.25, 0.3) is 10.9 Å². The Labute approximate surface area is 244 Å². The summed E-state index contributed by atoms with van der Waals surface area (Å²) in [6.45, 7) is 2.93. The van der Waals surface area contributed by atoms with Gasteiger partial charge in [-0.05, 0) is 86.7 Å². The van der Waals surface area contributed by atoms with Crippen molar-refractivity contribution in [2.45, 2.75) is 63.8 Å². The average Bonchev–Trinajstić information content (AvgIpc) is 3.00. The van der Waals surface area contributed by atoms with Gasteiger partial charge in [-0.25, -0.2) is 9.87 Å². The molecule has 1 aromatic heterocycles. The van der Waals surface area contributed by atoms with Crippen molar-refractivity contribution in [3.63, 3.8) is 0 Å². The number of para-hydroxylation sites is 1. The number of pyridine rings is 1. The molecular formula is C33H35FN4O4. The second kappa shape index (κ2) is 13.1. The van der Waals surface area contributed by atoms with E-state index in [1.54, 1.807) is 41.9 Å². The lowest BCUT2D eigenvalue weighted by molar-refractivity contribution is -0.131. The summed E-state index contributed by atoms with van der Waals surface area (Å²) in [5.41, 5.74) is 5.23. The van der Waals surface area contributed by atoms with Crippen molar-refractivity contribution in [2.24, 2.45) is 0 Å². The molecule has 3 aromatic carbocycles. The second-order valence-corrected chi connectivity index (χ2v) is 11.0. The van der Waals surface area contributed by atoms with Crippen LogP contribution in [-0.2, 0) is 17.9 Å². The smallest absolute Gasteiger partial charge is 0.251 e. The number of aryl methyl sites for hydroxylation is 1. The maximum Gasteiger partial charge on any atom is 0.251 e. The van der Waals surface area contributed by atoms with Crippen molar-refractivity contribution < 1.29 is 23.9 Å². The molecule has 1 aliphatic carbocycles. The lowest BCUT2D eigenvalue weighted by Crippen LogP contribution is -2.54. The fourth-order valence-electron chi connectivity index (χ4n) is 5.62. The summed E-state index contributed by atoms with van der Waals surface area (Å²) in [7, 11) is 0. The van der Waals surface area contributed by atoms with E-state index in [2.05, 4.69) is 15.6 Å². The Morgan fingerprint density at radius 3 is 2.45 bits per heavy atom. The van der Waals surface area contributed by atoms with E-state index in [-0.39, 0.29) is 24.2 Å². The number of nitrogens with zero attached hydrogens (tertiary/aromatic N) is 1. The zero-order chi connectivity index (χ0) is 29.5. The van der Waals surface area contributed by atoms with Crippen LogP contribution in [0.4, 0.5) is 4.39 Å². The van der Waals surface area contributed by atoms with E-state index < -0.39 is 11.4 Å². The molecule has 218 valence electrons. The molecule has 0 atom stereocenters. The Bertz CT molecular complexity index is 1530. The number of rotatable bonds is 10. The largest absolute Gasteiger partial charge is 0.489 e. The van der Waals surface area contributed by atoms with E-state index >= 15 is 0 Å². The summed E-state index contributed by atoms with van der Waals surface area (Å²) in [5.74, 6) is -0.473. The number of aromatic nitrogens is 1. The first kappa shape index (κ1) is 29.2. The second-order valence-electron chi connectivity index (χ2n) is 11.0. The molecule has 4 aromatic rings. The van der Waals surface area contributed by atoms with Crippen molar-refractivity contribution in [1.29, 1.82) is 0 Å². The quantitative estimate of drug-likeness (QED) is 0.151. The van der Waals surface area contributed by atoms with Crippen LogP contribution in [0.15, 0.2) is 78.9 Å². The van der Waals surface area contributed by atoms with Crippen LogP contribution < -0.4 is 20.9 Å². The molecule has 0 radical (unpaired) electrons. The molecular weight excluding hydrogens is 535 g/mol. The summed E-state index contributed by atoms with van der Waals surface area (Å²) >= 11 is 0. The number of benzene rings is 3. The molecule has 9 heteroatoms. The molecule has 0 aliphatic heterocycles. The highest BCUT2D eigenvalue weighted by molar-refractivity contribution is 5.95. The van der Waals surface area contributed by atoms with Crippen molar-refractivity contribution in [3.05, 3.63) is 107 Å². The SMILES string of the molecule is Cc1cc(COc2ccc(C(=O)N[C@]3(CC(=O)NO)CC[C@@H](NCc4ccc(F)cc4)CC3)cc2)c2ccccc2n1. The minimum absolute atomic E-state index is 0.0274. The third kappa shape index (κ3) is 7.29. The van der Waals surface area contributed by atoms with E-state index in [1.807, 2.05) is 37.3 Å². The van der Waals surface area contributed by atoms with Crippen LogP contribution in [0.1, 0.15) is 59.3 Å². The van der Waals surface area contributed by atoms with Crippen LogP contribution >= 0.6 is 0 Å². The van der Waals surface area contributed by atoms with E-state index in [9.17, 15) is 19.2 Å². The van der Waals surface area contributed by atoms with Crippen molar-refractivity contribution in [2.75, 3.05) is 0 Å². The Morgan fingerprint density at radius 2 is 1.74 bits per heavy atom. The molecule has 42 heavy (non-hydrogen) atoms. The number of carbonyl (C=O) groups is 2. The number of hydrogen-bond donors (Lipinski definition) is 4. The predicted molar refractivity (Wildman–Crippen MR) is 157 cm³/mol. The molecule has 1 aliphatic rings. The van der Waals surface area contributed by atoms with E-state index in [4.69, 9.17) is 4.74 Å². The highest BCUT2D eigenvalue weighted by atomic mass is 19.1. The fourth-order valence-corrected chi connectivity index (χ4v) is 5.62. The number of nitrogens with one attached hydrogen (secondary N) is 3. The van der Waals surface area contributed by atoms with Crippen LogP contribution in [0.2, 0.25) is 0 Å². The number of halogens is 1. The van der Waals surface area contributed by atoms with Gasteiger partial charge >= 0.3 is 0 Å². The van der Waals surface area contributed by atoms with Gasteiger partial charge in [-0.15, -0.1) is 0 Å². The molecule has 0 unspecified atom stereocenters. The van der Waals surface area contributed by atoms with E-state index in [0.717, 1.165) is 40.6 Å². The first-order valence-corrected chi connectivity index (χ1v) is 14.1. The van der Waals surface area contributed by atoms with Crippen LogP contribution in [0.3, 0.4) is 0 Å². The van der Waals surface area contributed by atoms with Gasteiger partial charge in [0.05, 0.1) is 11.9 Å². The number of hydroxylamine groups is 1. The topological polar surface area (TPSA) is 113 Å². The van der Waals surface area contributed by atoms with Gasteiger partial charge in [0.25, 0.3) is 5.91 Å². The average molecular weight is 571 g/mol. The summed E-state index contributed by atoms with van der Waals surface area (Å²) in [6.07, 6.45) is 2.56. The zero-order valence-electron chi connectivity index (χ0n) is 23.5. The monoisotopic (exact) mass is 570 g/mol. The van der Waals surface area contributed by atoms with Crippen molar-refractivity contribution >= 4 is 22.7 Å². The molecule has 5 rings (SSSR count). The van der Waals surface area contributed by atoms with Gasteiger partial charge < -0.3 is 15.4 Å². The highest BCUT2D eigenvalue weighted by Crippen LogP contribution is 2.32. The van der Waals surface area contributed by atoms with Gasteiger partial charge in [0, 0.05) is 40.3 Å². The first-order valence-electron chi connectivity index (χ1n) is 14.1. The lowest BCUT2D eigenvalue weighted by atomic mass is 9.76. The Hall–Kier alpha value is -4.34. The summed E-state index contributed by atoms with van der Waals surface area (Å²) in [4.78, 5) is 30.0. The van der Waals surface area contributed by atoms with E-state index in [1.165, 1.54) is 12.1 Å². The van der Waals surface area contributed by atoms with Crippen molar-refractivity contribution in [1.82, 2.24) is 21.1 Å². The fraction of sp³-hybridized carbons (Fsp3) is 0.303. The van der Waals surface area contributed by atoms with Gasteiger partial charge in [-0.1, -0.05) is 30.3 Å². The molecule has 2 amide bonds. The minimum Gasteiger partial charge on any atom is -0.489 e. The molecule has 0 spiro atoms. The normalized spacial score (nSPS) is 18.4. The molecule has 8 nitrogen and oxygen atoms in total. The Morgan fingerprint density at radius 1 is 1.02 bits per heavy atom. The highest BCUT2D eigenvalue weighted by Gasteiger charge is 2.38. The number of hydrogen-bond acceptors (Lipinski definition) is 6. The summed E-state index contributed by atoms with van der Waals surface area (Å²) in [6, 6.07) is 23.4.